The fourth-order valence-corrected chi connectivity index (χ4v) is 2.95. The Balaban J connectivity index is 0.00000144. The van der Waals surface area contributed by atoms with Crippen LogP contribution in [0.4, 0.5) is 0 Å². The average molecular weight is 370 g/mol. The lowest BCUT2D eigenvalue weighted by Gasteiger charge is -2.30. The van der Waals surface area contributed by atoms with Crippen LogP contribution in [-0.4, -0.2) is 28.1 Å². The largest absolute Gasteiger partial charge is 0.391 e. The van der Waals surface area contributed by atoms with E-state index in [1.54, 1.807) is 12.3 Å². The van der Waals surface area contributed by atoms with E-state index in [1.807, 2.05) is 12.1 Å². The first kappa shape index (κ1) is 20.4. The molecule has 4 N–H and O–H groups in total. The number of primary amides is 1. The number of fused-ring (bicyclic) bond motifs is 1. The van der Waals surface area contributed by atoms with Gasteiger partial charge in [0.15, 0.2) is 0 Å². The summed E-state index contributed by atoms with van der Waals surface area (Å²) in [6.45, 7) is 0.744. The number of nitrogens with one attached hydrogen (secondary N) is 1. The van der Waals surface area contributed by atoms with Crippen molar-refractivity contribution >= 4 is 30.7 Å². The molecule has 1 aliphatic rings. The van der Waals surface area contributed by atoms with Crippen LogP contribution in [0.5, 0.6) is 0 Å². The molecule has 1 aromatic heterocycles. The van der Waals surface area contributed by atoms with Gasteiger partial charge in [0.25, 0.3) is 0 Å². The van der Waals surface area contributed by atoms with Gasteiger partial charge in [-0.1, -0.05) is 24.3 Å². The maximum Gasteiger partial charge on any atom is 0.249 e. The Hall–Kier alpha value is -1.66. The van der Waals surface area contributed by atoms with Crippen molar-refractivity contribution in [2.75, 3.05) is 0 Å². The highest BCUT2D eigenvalue weighted by molar-refractivity contribution is 5.94. The number of nitrogens with two attached hydrogens (primary N) is 1. The molecular formula is C17H21Cl2N3O2. The normalized spacial score (nSPS) is 17.0. The Bertz CT molecular complexity index is 697. The quantitative estimate of drug-likeness (QED) is 0.764. The molecule has 2 aromatic rings. The molecule has 5 nitrogen and oxygen atoms in total. The van der Waals surface area contributed by atoms with E-state index in [2.05, 4.69) is 22.4 Å². The minimum atomic E-state index is -0.601. The summed E-state index contributed by atoms with van der Waals surface area (Å²) in [5, 5.41) is 13.9. The molecule has 130 valence electrons. The minimum Gasteiger partial charge on any atom is -0.391 e. The van der Waals surface area contributed by atoms with Crippen molar-refractivity contribution in [3.8, 4) is 0 Å². The van der Waals surface area contributed by atoms with Gasteiger partial charge in [-0.15, -0.1) is 24.8 Å². The predicted molar refractivity (Wildman–Crippen MR) is 97.7 cm³/mol. The van der Waals surface area contributed by atoms with Crippen LogP contribution in [0, 0.1) is 0 Å². The van der Waals surface area contributed by atoms with Gasteiger partial charge >= 0.3 is 0 Å². The van der Waals surface area contributed by atoms with Crippen LogP contribution in [0.2, 0.25) is 0 Å². The molecule has 2 atom stereocenters. The topological polar surface area (TPSA) is 88.2 Å². The summed E-state index contributed by atoms with van der Waals surface area (Å²) < 4.78 is 0. The molecule has 0 bridgehead atoms. The number of rotatable bonds is 4. The third-order valence-corrected chi connectivity index (χ3v) is 4.18. The van der Waals surface area contributed by atoms with Crippen LogP contribution >= 0.6 is 24.8 Å². The Morgan fingerprint density at radius 2 is 2.00 bits per heavy atom. The van der Waals surface area contributed by atoms with E-state index in [0.29, 0.717) is 17.5 Å². The lowest BCUT2D eigenvalue weighted by molar-refractivity contribution is 0.0995. The summed E-state index contributed by atoms with van der Waals surface area (Å²) in [6.07, 6.45) is 3.65. The summed E-state index contributed by atoms with van der Waals surface area (Å²) in [4.78, 5) is 15.5. The second-order valence-electron chi connectivity index (χ2n) is 5.63. The molecule has 0 saturated heterocycles. The van der Waals surface area contributed by atoms with Crippen LogP contribution in [0.15, 0.2) is 42.7 Å². The number of hydrogen-bond donors (Lipinski definition) is 3. The molecule has 0 spiro atoms. The zero-order valence-corrected chi connectivity index (χ0v) is 14.6. The highest BCUT2D eigenvalue weighted by Gasteiger charge is 2.25. The molecule has 3 rings (SSSR count). The Morgan fingerprint density at radius 1 is 1.29 bits per heavy atom. The second-order valence-corrected chi connectivity index (χ2v) is 5.63. The molecule has 0 aliphatic carbocycles. The van der Waals surface area contributed by atoms with Crippen molar-refractivity contribution in [1.82, 2.24) is 10.3 Å². The van der Waals surface area contributed by atoms with Crippen molar-refractivity contribution in [3.05, 3.63) is 65.0 Å². The summed E-state index contributed by atoms with van der Waals surface area (Å²) in [6, 6.07) is 9.77. The number of aromatic nitrogens is 1. The van der Waals surface area contributed by atoms with Gasteiger partial charge in [-0.25, -0.2) is 0 Å². The van der Waals surface area contributed by atoms with E-state index in [-0.39, 0.29) is 30.9 Å². The fraction of sp³-hybridized carbons (Fsp3) is 0.294. The van der Waals surface area contributed by atoms with E-state index in [0.717, 1.165) is 13.0 Å². The molecule has 24 heavy (non-hydrogen) atoms. The number of pyridine rings is 1. The number of hydrogen-bond acceptors (Lipinski definition) is 4. The van der Waals surface area contributed by atoms with Crippen LogP contribution in [0.25, 0.3) is 0 Å². The van der Waals surface area contributed by atoms with Gasteiger partial charge in [0, 0.05) is 37.0 Å². The second kappa shape index (κ2) is 8.99. The van der Waals surface area contributed by atoms with E-state index < -0.39 is 12.0 Å². The number of nitrogens with zero attached hydrogens (tertiary/aromatic N) is 1. The third kappa shape index (κ3) is 4.45. The number of benzene rings is 1. The van der Waals surface area contributed by atoms with Gasteiger partial charge in [-0.05, 0) is 29.2 Å². The van der Waals surface area contributed by atoms with Crippen molar-refractivity contribution in [2.24, 2.45) is 5.73 Å². The van der Waals surface area contributed by atoms with Crippen molar-refractivity contribution < 1.29 is 9.90 Å². The standard InChI is InChI=1S/C17H19N3O2.2ClH/c18-17(22)14-5-6-19-9-13(14)8-16(21)15-7-11-3-1-2-4-12(11)10-20-15;;/h1-6,9,15-16,20-21H,7-8,10H2,(H2,18,22);2*1H/t15-,16+;;/m0../s1. The van der Waals surface area contributed by atoms with Gasteiger partial charge in [0.1, 0.15) is 0 Å². The molecule has 7 heteroatoms. The lowest BCUT2D eigenvalue weighted by atomic mass is 9.90. The minimum absolute atomic E-state index is 0. The summed E-state index contributed by atoms with van der Waals surface area (Å²) in [5.74, 6) is -0.494. The molecule has 0 unspecified atom stereocenters. The van der Waals surface area contributed by atoms with Crippen LogP contribution in [0.3, 0.4) is 0 Å². The Labute approximate surface area is 153 Å². The number of aliphatic hydroxyl groups is 1. The maximum absolute atomic E-state index is 11.4. The number of amides is 1. The van der Waals surface area contributed by atoms with Crippen LogP contribution in [-0.2, 0) is 19.4 Å². The van der Waals surface area contributed by atoms with Gasteiger partial charge in [-0.3, -0.25) is 9.78 Å². The monoisotopic (exact) mass is 369 g/mol. The molecule has 1 amide bonds. The molecule has 0 saturated carbocycles. The number of aliphatic hydroxyl groups excluding tert-OH is 1. The van der Waals surface area contributed by atoms with Gasteiger partial charge in [0.05, 0.1) is 6.10 Å². The van der Waals surface area contributed by atoms with E-state index in [4.69, 9.17) is 5.73 Å². The summed E-state index contributed by atoms with van der Waals surface area (Å²) >= 11 is 0. The predicted octanol–water partition coefficient (Wildman–Crippen LogP) is 1.64. The van der Waals surface area contributed by atoms with Crippen LogP contribution in [0.1, 0.15) is 27.0 Å². The lowest BCUT2D eigenvalue weighted by Crippen LogP contribution is -2.45. The van der Waals surface area contributed by atoms with Crippen molar-refractivity contribution in [1.29, 1.82) is 0 Å². The number of carbonyl (C=O) groups is 1. The molecule has 1 aliphatic heterocycles. The fourth-order valence-electron chi connectivity index (χ4n) is 2.95. The summed E-state index contributed by atoms with van der Waals surface area (Å²) in [5.41, 5.74) is 9.00. The number of halogens is 2. The molecule has 2 heterocycles. The first-order chi connectivity index (χ1) is 10.6. The van der Waals surface area contributed by atoms with Crippen molar-refractivity contribution in [3.63, 3.8) is 0 Å². The molecule has 0 radical (unpaired) electrons. The third-order valence-electron chi connectivity index (χ3n) is 4.18. The Morgan fingerprint density at radius 3 is 2.71 bits per heavy atom. The zero-order chi connectivity index (χ0) is 15.5. The molecular weight excluding hydrogens is 349 g/mol. The van der Waals surface area contributed by atoms with E-state index in [9.17, 15) is 9.90 Å². The first-order valence-corrected chi connectivity index (χ1v) is 7.36. The molecule has 1 aromatic carbocycles. The van der Waals surface area contributed by atoms with Gasteiger partial charge in [-0.2, -0.15) is 0 Å². The SMILES string of the molecule is Cl.Cl.NC(=O)c1ccncc1C[C@@H](O)[C@@H]1Cc2ccccc2CN1. The molecule has 0 fully saturated rings. The van der Waals surface area contributed by atoms with Gasteiger partial charge in [0.2, 0.25) is 5.91 Å². The van der Waals surface area contributed by atoms with E-state index >= 15 is 0 Å². The average Bonchev–Trinajstić information content (AvgIpc) is 2.54. The summed E-state index contributed by atoms with van der Waals surface area (Å²) in [7, 11) is 0. The maximum atomic E-state index is 11.4. The highest BCUT2D eigenvalue weighted by atomic mass is 35.5. The van der Waals surface area contributed by atoms with Crippen molar-refractivity contribution in [2.45, 2.75) is 31.5 Å². The first-order valence-electron chi connectivity index (χ1n) is 7.36. The van der Waals surface area contributed by atoms with E-state index in [1.165, 1.54) is 17.3 Å². The van der Waals surface area contributed by atoms with Crippen LogP contribution < -0.4 is 11.1 Å². The smallest absolute Gasteiger partial charge is 0.249 e. The Kier molecular flexibility index (Phi) is 7.63. The van der Waals surface area contributed by atoms with Gasteiger partial charge < -0.3 is 16.2 Å². The highest BCUT2D eigenvalue weighted by Crippen LogP contribution is 2.20. The number of carbonyl (C=O) groups excluding carboxylic acids is 1. The zero-order valence-electron chi connectivity index (χ0n) is 13.0.